The van der Waals surface area contributed by atoms with Gasteiger partial charge in [0, 0.05) is 6.04 Å². The van der Waals surface area contributed by atoms with Crippen molar-refractivity contribution in [3.63, 3.8) is 0 Å². The van der Waals surface area contributed by atoms with E-state index in [-0.39, 0.29) is 24.4 Å². The number of anilines is 2. The zero-order chi connectivity index (χ0) is 19.8. The SMILES string of the molecule is CCOc1ccccc1NCC(=O)Nc1ccccc1C(=O)NC1CCCC1. The minimum atomic E-state index is -0.229. The normalized spacial score (nSPS) is 13.8. The summed E-state index contributed by atoms with van der Waals surface area (Å²) in [5.41, 5.74) is 1.76. The van der Waals surface area contributed by atoms with Crippen LogP contribution in [0.15, 0.2) is 48.5 Å². The van der Waals surface area contributed by atoms with Crippen LogP contribution in [-0.2, 0) is 4.79 Å². The lowest BCUT2D eigenvalue weighted by Gasteiger charge is -2.15. The third kappa shape index (κ3) is 5.25. The van der Waals surface area contributed by atoms with E-state index in [2.05, 4.69) is 16.0 Å². The standard InChI is InChI=1S/C22H27N3O3/c1-2-28-20-14-8-7-13-19(20)23-15-21(26)25-18-12-6-5-11-17(18)22(27)24-16-9-3-4-10-16/h5-8,11-14,16,23H,2-4,9-10,15H2,1H3,(H,24,27)(H,25,26). The third-order valence-corrected chi connectivity index (χ3v) is 4.76. The van der Waals surface area contributed by atoms with Crippen molar-refractivity contribution in [1.82, 2.24) is 5.32 Å². The van der Waals surface area contributed by atoms with Gasteiger partial charge in [-0.25, -0.2) is 0 Å². The topological polar surface area (TPSA) is 79.5 Å². The van der Waals surface area contributed by atoms with E-state index in [1.807, 2.05) is 31.2 Å². The molecular formula is C22H27N3O3. The average molecular weight is 381 g/mol. The molecule has 2 aromatic rings. The number of hydrogen-bond acceptors (Lipinski definition) is 4. The molecule has 3 rings (SSSR count). The van der Waals surface area contributed by atoms with Crippen LogP contribution in [0.4, 0.5) is 11.4 Å². The summed E-state index contributed by atoms with van der Waals surface area (Å²) < 4.78 is 5.55. The van der Waals surface area contributed by atoms with Gasteiger partial charge in [0.25, 0.3) is 5.91 Å². The summed E-state index contributed by atoms with van der Waals surface area (Å²) in [6.45, 7) is 2.54. The predicted molar refractivity (Wildman–Crippen MR) is 111 cm³/mol. The number of rotatable bonds is 8. The van der Waals surface area contributed by atoms with Gasteiger partial charge in [-0.05, 0) is 44.0 Å². The molecule has 0 spiro atoms. The van der Waals surface area contributed by atoms with Crippen LogP contribution in [0.25, 0.3) is 0 Å². The van der Waals surface area contributed by atoms with E-state index in [9.17, 15) is 9.59 Å². The number of nitrogens with one attached hydrogen (secondary N) is 3. The molecule has 1 saturated carbocycles. The van der Waals surface area contributed by atoms with Crippen LogP contribution in [0.5, 0.6) is 5.75 Å². The van der Waals surface area contributed by atoms with E-state index in [0.29, 0.717) is 23.6 Å². The molecular weight excluding hydrogens is 354 g/mol. The number of amides is 2. The fourth-order valence-corrected chi connectivity index (χ4v) is 3.39. The van der Waals surface area contributed by atoms with Gasteiger partial charge in [-0.3, -0.25) is 9.59 Å². The first-order valence-electron chi connectivity index (χ1n) is 9.83. The van der Waals surface area contributed by atoms with E-state index < -0.39 is 0 Å². The van der Waals surface area contributed by atoms with Crippen molar-refractivity contribution < 1.29 is 14.3 Å². The molecule has 3 N–H and O–H groups in total. The van der Waals surface area contributed by atoms with Gasteiger partial charge in [-0.2, -0.15) is 0 Å². The monoisotopic (exact) mass is 381 g/mol. The summed E-state index contributed by atoms with van der Waals surface area (Å²) >= 11 is 0. The summed E-state index contributed by atoms with van der Waals surface area (Å²) in [6, 6.07) is 14.8. The highest BCUT2D eigenvalue weighted by Gasteiger charge is 2.20. The molecule has 0 saturated heterocycles. The van der Waals surface area contributed by atoms with Crippen molar-refractivity contribution in [2.75, 3.05) is 23.8 Å². The summed E-state index contributed by atoms with van der Waals surface area (Å²) in [5.74, 6) is 0.332. The molecule has 1 aliphatic rings. The molecule has 2 amide bonds. The molecule has 6 heteroatoms. The molecule has 0 aromatic heterocycles. The highest BCUT2D eigenvalue weighted by molar-refractivity contribution is 6.04. The van der Waals surface area contributed by atoms with Gasteiger partial charge < -0.3 is 20.7 Å². The second-order valence-corrected chi connectivity index (χ2v) is 6.83. The van der Waals surface area contributed by atoms with Crippen molar-refractivity contribution in [2.24, 2.45) is 0 Å². The first-order chi connectivity index (χ1) is 13.7. The Morgan fingerprint density at radius 2 is 1.68 bits per heavy atom. The second kappa shape index (κ2) is 9.78. The van der Waals surface area contributed by atoms with Crippen molar-refractivity contribution >= 4 is 23.2 Å². The molecule has 1 aliphatic carbocycles. The van der Waals surface area contributed by atoms with Crippen LogP contribution in [0.2, 0.25) is 0 Å². The van der Waals surface area contributed by atoms with E-state index in [1.165, 1.54) is 0 Å². The lowest BCUT2D eigenvalue weighted by atomic mass is 10.1. The smallest absolute Gasteiger partial charge is 0.253 e. The molecule has 6 nitrogen and oxygen atoms in total. The summed E-state index contributed by atoms with van der Waals surface area (Å²) in [6.07, 6.45) is 4.34. The van der Waals surface area contributed by atoms with Crippen molar-refractivity contribution in [3.05, 3.63) is 54.1 Å². The molecule has 0 unspecified atom stereocenters. The van der Waals surface area contributed by atoms with Crippen LogP contribution in [0, 0.1) is 0 Å². The van der Waals surface area contributed by atoms with Gasteiger partial charge in [0.15, 0.2) is 0 Å². The Morgan fingerprint density at radius 1 is 1.00 bits per heavy atom. The second-order valence-electron chi connectivity index (χ2n) is 6.83. The maximum Gasteiger partial charge on any atom is 0.253 e. The Morgan fingerprint density at radius 3 is 2.43 bits per heavy atom. The lowest BCUT2D eigenvalue weighted by molar-refractivity contribution is -0.114. The number of benzene rings is 2. The van der Waals surface area contributed by atoms with Crippen LogP contribution in [0.3, 0.4) is 0 Å². The van der Waals surface area contributed by atoms with Gasteiger partial charge in [0.05, 0.1) is 30.1 Å². The van der Waals surface area contributed by atoms with Crippen LogP contribution >= 0.6 is 0 Å². The molecule has 148 valence electrons. The minimum absolute atomic E-state index is 0.0721. The van der Waals surface area contributed by atoms with E-state index in [1.54, 1.807) is 24.3 Å². The summed E-state index contributed by atoms with van der Waals surface area (Å²) in [7, 11) is 0. The Hall–Kier alpha value is -3.02. The summed E-state index contributed by atoms with van der Waals surface area (Å²) in [4.78, 5) is 25.0. The van der Waals surface area contributed by atoms with E-state index in [4.69, 9.17) is 4.74 Å². The van der Waals surface area contributed by atoms with Gasteiger partial charge >= 0.3 is 0 Å². The lowest BCUT2D eigenvalue weighted by Crippen LogP contribution is -2.33. The number of ether oxygens (including phenoxy) is 1. The molecule has 1 fully saturated rings. The number of carbonyl (C=O) groups is 2. The Balaban J connectivity index is 1.60. The highest BCUT2D eigenvalue weighted by Crippen LogP contribution is 2.24. The fraction of sp³-hybridized carbons (Fsp3) is 0.364. The largest absolute Gasteiger partial charge is 0.492 e. The molecule has 2 aromatic carbocycles. The van der Waals surface area contributed by atoms with Gasteiger partial charge in [-0.1, -0.05) is 37.1 Å². The number of para-hydroxylation sites is 3. The number of carbonyl (C=O) groups excluding carboxylic acids is 2. The maximum atomic E-state index is 12.6. The fourth-order valence-electron chi connectivity index (χ4n) is 3.39. The molecule has 28 heavy (non-hydrogen) atoms. The molecule has 0 radical (unpaired) electrons. The van der Waals surface area contributed by atoms with Gasteiger partial charge in [0.2, 0.25) is 5.91 Å². The highest BCUT2D eigenvalue weighted by atomic mass is 16.5. The van der Waals surface area contributed by atoms with Crippen LogP contribution in [0.1, 0.15) is 43.0 Å². The Kier molecular flexibility index (Phi) is 6.89. The van der Waals surface area contributed by atoms with E-state index in [0.717, 1.165) is 31.4 Å². The average Bonchev–Trinajstić information content (AvgIpc) is 3.21. The van der Waals surface area contributed by atoms with Gasteiger partial charge in [-0.15, -0.1) is 0 Å². The maximum absolute atomic E-state index is 12.6. The Bertz CT molecular complexity index is 816. The quantitative estimate of drug-likeness (QED) is 0.650. The minimum Gasteiger partial charge on any atom is -0.492 e. The first-order valence-corrected chi connectivity index (χ1v) is 9.83. The van der Waals surface area contributed by atoms with Crippen LogP contribution in [-0.4, -0.2) is 31.0 Å². The van der Waals surface area contributed by atoms with Crippen molar-refractivity contribution in [2.45, 2.75) is 38.6 Å². The molecule has 0 bridgehead atoms. The zero-order valence-corrected chi connectivity index (χ0v) is 16.2. The zero-order valence-electron chi connectivity index (χ0n) is 16.2. The van der Waals surface area contributed by atoms with Gasteiger partial charge in [0.1, 0.15) is 5.75 Å². The van der Waals surface area contributed by atoms with Crippen molar-refractivity contribution in [3.8, 4) is 5.75 Å². The predicted octanol–water partition coefficient (Wildman–Crippen LogP) is 3.81. The molecule has 0 atom stereocenters. The first kappa shape index (κ1) is 19.7. The third-order valence-electron chi connectivity index (χ3n) is 4.76. The Labute approximate surface area is 165 Å². The summed E-state index contributed by atoms with van der Waals surface area (Å²) in [5, 5.41) is 8.99. The van der Waals surface area contributed by atoms with Crippen molar-refractivity contribution in [1.29, 1.82) is 0 Å². The van der Waals surface area contributed by atoms with Crippen LogP contribution < -0.4 is 20.7 Å². The molecule has 0 heterocycles. The molecule has 0 aliphatic heterocycles. The number of hydrogen-bond donors (Lipinski definition) is 3. The van der Waals surface area contributed by atoms with E-state index >= 15 is 0 Å².